The number of nitrogens with zero attached hydrogens (tertiary/aromatic N) is 4. The van der Waals surface area contributed by atoms with Gasteiger partial charge in [0.25, 0.3) is 12.3 Å². The minimum atomic E-state index is -2.77. The summed E-state index contributed by atoms with van der Waals surface area (Å²) in [4.78, 5) is 18.4. The molecule has 1 amide bonds. The Labute approximate surface area is 150 Å². The van der Waals surface area contributed by atoms with Crippen molar-refractivity contribution in [3.8, 4) is 5.75 Å². The van der Waals surface area contributed by atoms with E-state index in [0.717, 1.165) is 24.3 Å². The Morgan fingerprint density at radius 1 is 1.46 bits per heavy atom. The van der Waals surface area contributed by atoms with Crippen LogP contribution in [0.1, 0.15) is 41.0 Å². The molecule has 3 rings (SSSR count). The number of alkyl halides is 2. The number of rotatable bonds is 5. The van der Waals surface area contributed by atoms with Gasteiger partial charge in [-0.25, -0.2) is 8.78 Å². The van der Waals surface area contributed by atoms with Crippen LogP contribution in [0.2, 0.25) is 0 Å². The molecule has 140 valence electrons. The fourth-order valence-corrected chi connectivity index (χ4v) is 3.21. The Balaban J connectivity index is 1.64. The summed E-state index contributed by atoms with van der Waals surface area (Å²) in [7, 11) is 1.53. The Kier molecular flexibility index (Phi) is 5.49. The third-order valence-electron chi connectivity index (χ3n) is 4.45. The molecule has 0 radical (unpaired) electrons. The normalized spacial score (nSPS) is 17.6. The topological polar surface area (TPSA) is 60.2 Å². The number of carbonyl (C=O) groups excluding carboxylic acids is 1. The number of pyridine rings is 1. The molecule has 0 aromatic carbocycles. The summed E-state index contributed by atoms with van der Waals surface area (Å²) >= 11 is 0. The minimum absolute atomic E-state index is 0.0196. The second kappa shape index (κ2) is 7.80. The smallest absolute Gasteiger partial charge is 0.282 e. The number of halogens is 2. The number of ether oxygens (including phenoxy) is 1. The van der Waals surface area contributed by atoms with Gasteiger partial charge in [0.15, 0.2) is 0 Å². The van der Waals surface area contributed by atoms with Crippen LogP contribution < -0.4 is 4.74 Å². The van der Waals surface area contributed by atoms with E-state index in [2.05, 4.69) is 10.1 Å². The highest BCUT2D eigenvalue weighted by Gasteiger charge is 2.30. The highest BCUT2D eigenvalue weighted by atomic mass is 19.3. The molecule has 0 aliphatic carbocycles. The molecule has 1 aliphatic rings. The van der Waals surface area contributed by atoms with Crippen LogP contribution in [0.25, 0.3) is 0 Å². The van der Waals surface area contributed by atoms with Gasteiger partial charge in [0.1, 0.15) is 11.4 Å². The summed E-state index contributed by atoms with van der Waals surface area (Å²) in [5.41, 5.74) is 0.399. The number of aryl methyl sites for hydroxylation is 2. The Morgan fingerprint density at radius 3 is 3.00 bits per heavy atom. The van der Waals surface area contributed by atoms with E-state index in [0.29, 0.717) is 19.7 Å². The fourth-order valence-electron chi connectivity index (χ4n) is 3.21. The van der Waals surface area contributed by atoms with Crippen molar-refractivity contribution in [2.45, 2.75) is 26.2 Å². The van der Waals surface area contributed by atoms with Crippen molar-refractivity contribution in [1.82, 2.24) is 19.7 Å². The van der Waals surface area contributed by atoms with Crippen molar-refractivity contribution < 1.29 is 18.3 Å². The zero-order valence-electron chi connectivity index (χ0n) is 14.9. The van der Waals surface area contributed by atoms with Crippen molar-refractivity contribution in [1.29, 1.82) is 0 Å². The third-order valence-corrected chi connectivity index (χ3v) is 4.45. The molecule has 2 aromatic rings. The number of hydrogen-bond donors (Lipinski definition) is 0. The van der Waals surface area contributed by atoms with Gasteiger partial charge in [-0.05, 0) is 25.8 Å². The first-order valence-electron chi connectivity index (χ1n) is 8.60. The minimum Gasteiger partial charge on any atom is -0.493 e. The lowest BCUT2D eigenvalue weighted by Gasteiger charge is -2.32. The Morgan fingerprint density at radius 2 is 2.27 bits per heavy atom. The molecule has 0 bridgehead atoms. The highest BCUT2D eigenvalue weighted by molar-refractivity contribution is 5.95. The van der Waals surface area contributed by atoms with Gasteiger partial charge in [0.2, 0.25) is 0 Å². The monoisotopic (exact) mass is 364 g/mol. The van der Waals surface area contributed by atoms with E-state index < -0.39 is 18.0 Å². The zero-order valence-corrected chi connectivity index (χ0v) is 14.9. The molecule has 2 aromatic heterocycles. The lowest BCUT2D eigenvalue weighted by atomic mass is 9.98. The number of piperidine rings is 1. The highest BCUT2D eigenvalue weighted by Crippen LogP contribution is 2.25. The molecular weight excluding hydrogens is 342 g/mol. The van der Waals surface area contributed by atoms with Crippen LogP contribution in [0, 0.1) is 12.8 Å². The van der Waals surface area contributed by atoms with Gasteiger partial charge in [-0.1, -0.05) is 0 Å². The van der Waals surface area contributed by atoms with Crippen molar-refractivity contribution in [3.63, 3.8) is 0 Å². The second-order valence-electron chi connectivity index (χ2n) is 6.61. The predicted molar refractivity (Wildman–Crippen MR) is 91.3 cm³/mol. The van der Waals surface area contributed by atoms with Crippen LogP contribution in [0.3, 0.4) is 0 Å². The number of aromatic nitrogens is 3. The van der Waals surface area contributed by atoms with E-state index in [1.165, 1.54) is 17.9 Å². The van der Waals surface area contributed by atoms with Crippen molar-refractivity contribution >= 4 is 5.91 Å². The van der Waals surface area contributed by atoms with E-state index in [1.54, 1.807) is 17.2 Å². The molecule has 1 unspecified atom stereocenters. The van der Waals surface area contributed by atoms with E-state index in [-0.39, 0.29) is 11.5 Å². The van der Waals surface area contributed by atoms with Gasteiger partial charge >= 0.3 is 0 Å². The molecule has 1 saturated heterocycles. The standard InChI is InChI=1S/C18H22F2N4O2/c1-12-8-14(5-6-21-12)26-11-13-4-3-7-24(9-13)18(25)15-10-23(2)22-16(15)17(19)20/h5-6,8,10,13,17H,3-4,7,9,11H2,1-2H3. The third kappa shape index (κ3) is 4.17. The zero-order chi connectivity index (χ0) is 18.7. The van der Waals surface area contributed by atoms with Gasteiger partial charge in [0, 0.05) is 50.2 Å². The van der Waals surface area contributed by atoms with Crippen molar-refractivity contribution in [3.05, 3.63) is 41.5 Å². The van der Waals surface area contributed by atoms with Crippen LogP contribution in [0.4, 0.5) is 8.78 Å². The Bertz CT molecular complexity index is 778. The van der Waals surface area contributed by atoms with Gasteiger partial charge in [-0.15, -0.1) is 0 Å². The largest absolute Gasteiger partial charge is 0.493 e. The molecule has 0 saturated carbocycles. The van der Waals surface area contributed by atoms with Gasteiger partial charge in [-0.3, -0.25) is 14.5 Å². The quantitative estimate of drug-likeness (QED) is 0.818. The summed E-state index contributed by atoms with van der Waals surface area (Å²) in [5, 5.41) is 3.72. The van der Waals surface area contributed by atoms with Crippen LogP contribution in [0.5, 0.6) is 5.75 Å². The molecule has 1 fully saturated rings. The molecule has 8 heteroatoms. The van der Waals surface area contributed by atoms with Crippen LogP contribution >= 0.6 is 0 Å². The maximum Gasteiger partial charge on any atom is 0.282 e. The number of likely N-dealkylation sites (tertiary alicyclic amines) is 1. The van der Waals surface area contributed by atoms with Gasteiger partial charge in [0.05, 0.1) is 12.2 Å². The van der Waals surface area contributed by atoms with Gasteiger partial charge < -0.3 is 9.64 Å². The molecule has 26 heavy (non-hydrogen) atoms. The summed E-state index contributed by atoms with van der Waals surface area (Å²) in [5.74, 6) is 0.513. The molecule has 3 heterocycles. The lowest BCUT2D eigenvalue weighted by molar-refractivity contribution is 0.0622. The summed E-state index contributed by atoms with van der Waals surface area (Å²) in [6.07, 6.45) is 2.04. The number of carbonyl (C=O) groups is 1. The summed E-state index contributed by atoms with van der Waals surface area (Å²) in [6.45, 7) is 3.41. The first kappa shape index (κ1) is 18.3. The first-order chi connectivity index (χ1) is 12.4. The maximum atomic E-state index is 13.1. The molecule has 1 aliphatic heterocycles. The average molecular weight is 364 g/mol. The van der Waals surface area contributed by atoms with Crippen LogP contribution in [-0.2, 0) is 7.05 Å². The van der Waals surface area contributed by atoms with E-state index in [4.69, 9.17) is 4.74 Å². The van der Waals surface area contributed by atoms with E-state index in [9.17, 15) is 13.6 Å². The predicted octanol–water partition coefficient (Wildman–Crippen LogP) is 2.99. The second-order valence-corrected chi connectivity index (χ2v) is 6.61. The lowest BCUT2D eigenvalue weighted by Crippen LogP contribution is -2.41. The maximum absolute atomic E-state index is 13.1. The SMILES string of the molecule is Cc1cc(OCC2CCCN(C(=O)c3cn(C)nc3C(F)F)C2)ccn1. The molecule has 1 atom stereocenters. The fraction of sp³-hybridized carbons (Fsp3) is 0.500. The molecule has 0 spiro atoms. The number of amides is 1. The summed E-state index contributed by atoms with van der Waals surface area (Å²) < 4.78 is 33.3. The van der Waals surface area contributed by atoms with Crippen molar-refractivity contribution in [2.24, 2.45) is 13.0 Å². The van der Waals surface area contributed by atoms with Crippen molar-refractivity contribution in [2.75, 3.05) is 19.7 Å². The molecule has 6 nitrogen and oxygen atoms in total. The van der Waals surface area contributed by atoms with E-state index >= 15 is 0 Å². The molecule has 0 N–H and O–H groups in total. The van der Waals surface area contributed by atoms with E-state index in [1.807, 2.05) is 13.0 Å². The Hall–Kier alpha value is -2.51. The summed E-state index contributed by atoms with van der Waals surface area (Å²) in [6, 6.07) is 3.65. The van der Waals surface area contributed by atoms with Crippen LogP contribution in [-0.4, -0.2) is 45.3 Å². The van der Waals surface area contributed by atoms with Crippen LogP contribution in [0.15, 0.2) is 24.5 Å². The first-order valence-corrected chi connectivity index (χ1v) is 8.60. The molecular formula is C18H22F2N4O2. The average Bonchev–Trinajstić information content (AvgIpc) is 3.02. The number of hydrogen-bond acceptors (Lipinski definition) is 4. The van der Waals surface area contributed by atoms with Gasteiger partial charge in [-0.2, -0.15) is 5.10 Å².